The predicted molar refractivity (Wildman–Crippen MR) is 100 cm³/mol. The van der Waals surface area contributed by atoms with Crippen LogP contribution in [-0.4, -0.2) is 26.7 Å². The van der Waals surface area contributed by atoms with Crippen molar-refractivity contribution in [1.82, 2.24) is 5.32 Å². The van der Waals surface area contributed by atoms with E-state index in [1.165, 1.54) is 0 Å². The molecule has 25 heavy (non-hydrogen) atoms. The zero-order chi connectivity index (χ0) is 18.1. The molecule has 0 aliphatic rings. The van der Waals surface area contributed by atoms with Gasteiger partial charge in [-0.2, -0.15) is 0 Å². The Labute approximate surface area is 156 Å². The van der Waals surface area contributed by atoms with Crippen LogP contribution in [0.5, 0.6) is 17.2 Å². The van der Waals surface area contributed by atoms with Crippen LogP contribution in [0.25, 0.3) is 0 Å². The van der Waals surface area contributed by atoms with Gasteiger partial charge in [-0.05, 0) is 42.3 Å². The van der Waals surface area contributed by atoms with E-state index in [0.717, 1.165) is 15.8 Å². The van der Waals surface area contributed by atoms with Gasteiger partial charge in [0.05, 0.1) is 20.8 Å². The number of ether oxygens (including phenoxy) is 3. The molecular formula is C19H22BrNO4. The lowest BCUT2D eigenvalue weighted by Crippen LogP contribution is -2.23. The fourth-order valence-corrected chi connectivity index (χ4v) is 2.64. The van der Waals surface area contributed by atoms with Gasteiger partial charge >= 0.3 is 0 Å². The van der Waals surface area contributed by atoms with Crippen LogP contribution in [0.1, 0.15) is 18.4 Å². The van der Waals surface area contributed by atoms with Gasteiger partial charge in [-0.1, -0.05) is 28.1 Å². The first-order valence-corrected chi connectivity index (χ1v) is 8.77. The number of methoxy groups -OCH3 is 2. The summed E-state index contributed by atoms with van der Waals surface area (Å²) < 4.78 is 17.0. The molecule has 0 aliphatic heterocycles. The van der Waals surface area contributed by atoms with E-state index in [0.29, 0.717) is 37.5 Å². The van der Waals surface area contributed by atoms with Gasteiger partial charge in [-0.3, -0.25) is 4.79 Å². The molecule has 2 aromatic rings. The van der Waals surface area contributed by atoms with Crippen molar-refractivity contribution in [1.29, 1.82) is 0 Å². The average molecular weight is 408 g/mol. The van der Waals surface area contributed by atoms with Gasteiger partial charge in [0.1, 0.15) is 5.75 Å². The molecule has 0 saturated heterocycles. The number of amides is 1. The fourth-order valence-electron chi connectivity index (χ4n) is 2.26. The maximum Gasteiger partial charge on any atom is 0.220 e. The molecular weight excluding hydrogens is 386 g/mol. The molecule has 0 heterocycles. The van der Waals surface area contributed by atoms with Crippen molar-refractivity contribution in [3.63, 3.8) is 0 Å². The van der Waals surface area contributed by atoms with Crippen molar-refractivity contribution in [2.75, 3.05) is 20.8 Å². The van der Waals surface area contributed by atoms with Gasteiger partial charge < -0.3 is 19.5 Å². The standard InChI is InChI=1S/C19H22BrNO4/c1-23-17-9-8-14(11-18(17)24-2)13-21-19(22)7-4-10-25-16-6-3-5-15(20)12-16/h3,5-6,8-9,11-12H,4,7,10,13H2,1-2H3,(H,21,22). The van der Waals surface area contributed by atoms with Crippen LogP contribution in [0, 0.1) is 0 Å². The Hall–Kier alpha value is -2.21. The summed E-state index contributed by atoms with van der Waals surface area (Å²) in [7, 11) is 3.18. The molecule has 0 spiro atoms. The summed E-state index contributed by atoms with van der Waals surface area (Å²) in [6.45, 7) is 0.950. The zero-order valence-corrected chi connectivity index (χ0v) is 16.0. The number of carbonyl (C=O) groups excluding carboxylic acids is 1. The molecule has 1 N–H and O–H groups in total. The minimum Gasteiger partial charge on any atom is -0.494 e. The molecule has 0 bridgehead atoms. The molecule has 0 aliphatic carbocycles. The van der Waals surface area contributed by atoms with E-state index in [2.05, 4.69) is 21.2 Å². The second kappa shape index (κ2) is 9.93. The van der Waals surface area contributed by atoms with Crippen LogP contribution < -0.4 is 19.5 Å². The number of hydrogen-bond acceptors (Lipinski definition) is 4. The highest BCUT2D eigenvalue weighted by Gasteiger charge is 2.06. The van der Waals surface area contributed by atoms with Gasteiger partial charge in [0.2, 0.25) is 5.91 Å². The Morgan fingerprint density at radius 2 is 1.88 bits per heavy atom. The van der Waals surface area contributed by atoms with E-state index >= 15 is 0 Å². The van der Waals surface area contributed by atoms with Crippen molar-refractivity contribution in [2.45, 2.75) is 19.4 Å². The molecule has 0 unspecified atom stereocenters. The van der Waals surface area contributed by atoms with Crippen LogP contribution in [-0.2, 0) is 11.3 Å². The lowest BCUT2D eigenvalue weighted by atomic mass is 10.2. The first-order valence-electron chi connectivity index (χ1n) is 7.98. The Balaban J connectivity index is 1.70. The number of hydrogen-bond donors (Lipinski definition) is 1. The molecule has 0 radical (unpaired) electrons. The average Bonchev–Trinajstić information content (AvgIpc) is 2.63. The molecule has 2 rings (SSSR count). The van der Waals surface area contributed by atoms with E-state index in [-0.39, 0.29) is 5.91 Å². The highest BCUT2D eigenvalue weighted by molar-refractivity contribution is 9.10. The van der Waals surface area contributed by atoms with Crippen LogP contribution in [0.2, 0.25) is 0 Å². The predicted octanol–water partition coefficient (Wildman–Crippen LogP) is 3.94. The molecule has 0 saturated carbocycles. The zero-order valence-electron chi connectivity index (χ0n) is 14.4. The van der Waals surface area contributed by atoms with Crippen LogP contribution in [0.3, 0.4) is 0 Å². The molecule has 6 heteroatoms. The first kappa shape index (κ1) is 19.1. The van der Waals surface area contributed by atoms with Crippen molar-refractivity contribution in [3.8, 4) is 17.2 Å². The van der Waals surface area contributed by atoms with Crippen molar-refractivity contribution >= 4 is 21.8 Å². The Bertz CT molecular complexity index is 706. The van der Waals surface area contributed by atoms with Gasteiger partial charge in [-0.15, -0.1) is 0 Å². The monoisotopic (exact) mass is 407 g/mol. The summed E-state index contributed by atoms with van der Waals surface area (Å²) in [4.78, 5) is 11.9. The summed E-state index contributed by atoms with van der Waals surface area (Å²) in [6.07, 6.45) is 1.07. The highest BCUT2D eigenvalue weighted by Crippen LogP contribution is 2.27. The SMILES string of the molecule is COc1ccc(CNC(=O)CCCOc2cccc(Br)c2)cc1OC. The van der Waals surface area contributed by atoms with E-state index < -0.39 is 0 Å². The summed E-state index contributed by atoms with van der Waals surface area (Å²) in [5, 5.41) is 2.90. The highest BCUT2D eigenvalue weighted by atomic mass is 79.9. The Kier molecular flexibility index (Phi) is 7.60. The molecule has 134 valence electrons. The molecule has 2 aromatic carbocycles. The fraction of sp³-hybridized carbons (Fsp3) is 0.316. The minimum atomic E-state index is -0.00683. The number of benzene rings is 2. The van der Waals surface area contributed by atoms with Gasteiger partial charge in [0.15, 0.2) is 11.5 Å². The largest absolute Gasteiger partial charge is 0.494 e. The summed E-state index contributed by atoms with van der Waals surface area (Å²) in [5.74, 6) is 2.10. The molecule has 1 amide bonds. The third kappa shape index (κ3) is 6.31. The normalized spacial score (nSPS) is 10.2. The third-order valence-corrected chi connectivity index (χ3v) is 4.04. The second-order valence-corrected chi connectivity index (χ2v) is 6.29. The topological polar surface area (TPSA) is 56.8 Å². The van der Waals surface area contributed by atoms with E-state index in [4.69, 9.17) is 14.2 Å². The Morgan fingerprint density at radius 1 is 1.08 bits per heavy atom. The minimum absolute atomic E-state index is 0.00683. The van der Waals surface area contributed by atoms with Gasteiger partial charge in [-0.25, -0.2) is 0 Å². The van der Waals surface area contributed by atoms with Crippen molar-refractivity contribution in [3.05, 3.63) is 52.5 Å². The quantitative estimate of drug-likeness (QED) is 0.639. The number of halogens is 1. The van der Waals surface area contributed by atoms with Gasteiger partial charge in [0.25, 0.3) is 0 Å². The Morgan fingerprint density at radius 3 is 2.60 bits per heavy atom. The van der Waals surface area contributed by atoms with E-state index in [1.807, 2.05) is 42.5 Å². The number of carbonyl (C=O) groups is 1. The van der Waals surface area contributed by atoms with Gasteiger partial charge in [0, 0.05) is 17.4 Å². The van der Waals surface area contributed by atoms with Crippen LogP contribution in [0.15, 0.2) is 46.9 Å². The maximum absolute atomic E-state index is 11.9. The molecule has 0 aromatic heterocycles. The molecule has 0 fully saturated rings. The molecule has 5 nitrogen and oxygen atoms in total. The van der Waals surface area contributed by atoms with Crippen molar-refractivity contribution < 1.29 is 19.0 Å². The number of rotatable bonds is 9. The van der Waals surface area contributed by atoms with Crippen molar-refractivity contribution in [2.24, 2.45) is 0 Å². The van der Waals surface area contributed by atoms with Crippen LogP contribution >= 0.6 is 15.9 Å². The summed E-state index contributed by atoms with van der Waals surface area (Å²) in [5.41, 5.74) is 0.955. The molecule has 0 atom stereocenters. The third-order valence-electron chi connectivity index (χ3n) is 3.55. The second-order valence-electron chi connectivity index (χ2n) is 5.38. The lowest BCUT2D eigenvalue weighted by molar-refractivity contribution is -0.121. The number of nitrogens with one attached hydrogen (secondary N) is 1. The maximum atomic E-state index is 11.9. The van der Waals surface area contributed by atoms with E-state index in [1.54, 1.807) is 14.2 Å². The first-order chi connectivity index (χ1) is 12.1. The lowest BCUT2D eigenvalue weighted by Gasteiger charge is -2.10. The smallest absolute Gasteiger partial charge is 0.220 e. The van der Waals surface area contributed by atoms with Crippen LogP contribution in [0.4, 0.5) is 0 Å². The summed E-state index contributed by atoms with van der Waals surface area (Å²) >= 11 is 3.40. The van der Waals surface area contributed by atoms with E-state index in [9.17, 15) is 4.79 Å². The summed E-state index contributed by atoms with van der Waals surface area (Å²) in [6, 6.07) is 13.2.